The Kier molecular flexibility index (Phi) is 4.32. The standard InChI is InChI=1S/C16H20FN/c1-3-4-5-15-12(2)14(6-7-16(15)17)13-8-10-18-11-9-13/h3-7,13,18H,1,8-11H2,2H3/b5-4-. The molecule has 0 spiro atoms. The van der Waals surface area contributed by atoms with E-state index in [-0.39, 0.29) is 5.82 Å². The smallest absolute Gasteiger partial charge is 0.130 e. The molecule has 1 heterocycles. The summed E-state index contributed by atoms with van der Waals surface area (Å²) < 4.78 is 13.8. The van der Waals surface area contributed by atoms with Gasteiger partial charge < -0.3 is 5.32 Å². The fraction of sp³-hybridized carbons (Fsp3) is 0.375. The van der Waals surface area contributed by atoms with Crippen molar-refractivity contribution < 1.29 is 4.39 Å². The highest BCUT2D eigenvalue weighted by Gasteiger charge is 2.18. The first-order valence-corrected chi connectivity index (χ1v) is 6.53. The van der Waals surface area contributed by atoms with Gasteiger partial charge in [-0.15, -0.1) is 0 Å². The van der Waals surface area contributed by atoms with Gasteiger partial charge in [0.1, 0.15) is 5.82 Å². The lowest BCUT2D eigenvalue weighted by molar-refractivity contribution is 0.458. The van der Waals surface area contributed by atoms with E-state index in [1.54, 1.807) is 18.2 Å². The molecule has 0 atom stereocenters. The molecular weight excluding hydrogens is 225 g/mol. The summed E-state index contributed by atoms with van der Waals surface area (Å²) in [7, 11) is 0. The zero-order chi connectivity index (χ0) is 13.0. The van der Waals surface area contributed by atoms with Gasteiger partial charge in [-0.05, 0) is 56.0 Å². The molecule has 2 rings (SSSR count). The maximum Gasteiger partial charge on any atom is 0.130 e. The highest BCUT2D eigenvalue weighted by Crippen LogP contribution is 2.31. The van der Waals surface area contributed by atoms with Gasteiger partial charge in [-0.1, -0.05) is 30.9 Å². The van der Waals surface area contributed by atoms with Gasteiger partial charge in [0.2, 0.25) is 0 Å². The molecule has 96 valence electrons. The SMILES string of the molecule is C=C/C=C\c1c(F)ccc(C2CCNCC2)c1C. The van der Waals surface area contributed by atoms with Crippen molar-refractivity contribution in [3.05, 3.63) is 53.4 Å². The number of hydrogen-bond acceptors (Lipinski definition) is 1. The molecule has 1 aliphatic rings. The molecule has 0 bridgehead atoms. The Bertz CT molecular complexity index is 456. The highest BCUT2D eigenvalue weighted by atomic mass is 19.1. The maximum absolute atomic E-state index is 13.8. The molecule has 0 saturated carbocycles. The predicted molar refractivity (Wildman–Crippen MR) is 75.2 cm³/mol. The number of piperidine rings is 1. The second-order valence-electron chi connectivity index (χ2n) is 4.79. The van der Waals surface area contributed by atoms with Crippen LogP contribution in [-0.4, -0.2) is 13.1 Å². The fourth-order valence-corrected chi connectivity index (χ4v) is 2.66. The molecule has 1 aromatic rings. The number of nitrogens with one attached hydrogen (secondary N) is 1. The number of allylic oxidation sites excluding steroid dienone is 2. The third-order valence-electron chi connectivity index (χ3n) is 3.68. The molecule has 1 saturated heterocycles. The minimum atomic E-state index is -0.150. The van der Waals surface area contributed by atoms with Gasteiger partial charge in [0.15, 0.2) is 0 Å². The molecule has 1 aromatic carbocycles. The van der Waals surface area contributed by atoms with Crippen molar-refractivity contribution in [2.24, 2.45) is 0 Å². The molecule has 0 radical (unpaired) electrons. The van der Waals surface area contributed by atoms with E-state index in [9.17, 15) is 4.39 Å². The first-order chi connectivity index (χ1) is 8.74. The molecule has 0 aromatic heterocycles. The molecule has 1 fully saturated rings. The summed E-state index contributed by atoms with van der Waals surface area (Å²) in [5.41, 5.74) is 3.06. The Labute approximate surface area is 108 Å². The minimum Gasteiger partial charge on any atom is -0.317 e. The molecule has 2 heteroatoms. The Balaban J connectivity index is 2.36. The average Bonchev–Trinajstić information content (AvgIpc) is 2.40. The summed E-state index contributed by atoms with van der Waals surface area (Å²) in [5, 5.41) is 3.36. The van der Waals surface area contributed by atoms with Crippen LogP contribution in [0.2, 0.25) is 0 Å². The van der Waals surface area contributed by atoms with Gasteiger partial charge in [0.05, 0.1) is 0 Å². The number of rotatable bonds is 3. The van der Waals surface area contributed by atoms with Gasteiger partial charge in [-0.3, -0.25) is 0 Å². The monoisotopic (exact) mass is 245 g/mol. The van der Waals surface area contributed by atoms with Gasteiger partial charge in [0, 0.05) is 5.56 Å². The third-order valence-corrected chi connectivity index (χ3v) is 3.68. The van der Waals surface area contributed by atoms with E-state index in [0.29, 0.717) is 11.5 Å². The van der Waals surface area contributed by atoms with E-state index in [1.807, 2.05) is 19.1 Å². The van der Waals surface area contributed by atoms with Gasteiger partial charge in [0.25, 0.3) is 0 Å². The van der Waals surface area contributed by atoms with E-state index in [2.05, 4.69) is 11.9 Å². The Morgan fingerprint density at radius 2 is 2.06 bits per heavy atom. The molecular formula is C16H20FN. The molecule has 0 aliphatic carbocycles. The van der Waals surface area contributed by atoms with Crippen LogP contribution >= 0.6 is 0 Å². The molecule has 0 amide bonds. The normalized spacial score (nSPS) is 17.2. The summed E-state index contributed by atoms with van der Waals surface area (Å²) in [6.45, 7) is 7.76. The Morgan fingerprint density at radius 3 is 2.72 bits per heavy atom. The van der Waals surface area contributed by atoms with E-state index in [0.717, 1.165) is 31.5 Å². The second-order valence-corrected chi connectivity index (χ2v) is 4.79. The van der Waals surface area contributed by atoms with Crippen molar-refractivity contribution in [3.63, 3.8) is 0 Å². The van der Waals surface area contributed by atoms with E-state index >= 15 is 0 Å². The highest BCUT2D eigenvalue weighted by molar-refractivity contribution is 5.58. The van der Waals surface area contributed by atoms with Crippen molar-refractivity contribution >= 4 is 6.08 Å². The van der Waals surface area contributed by atoms with Crippen molar-refractivity contribution in [3.8, 4) is 0 Å². The number of hydrogen-bond donors (Lipinski definition) is 1. The van der Waals surface area contributed by atoms with Gasteiger partial charge >= 0.3 is 0 Å². The minimum absolute atomic E-state index is 0.150. The van der Waals surface area contributed by atoms with Gasteiger partial charge in [-0.25, -0.2) is 4.39 Å². The summed E-state index contributed by atoms with van der Waals surface area (Å²) in [5.74, 6) is 0.408. The topological polar surface area (TPSA) is 12.0 Å². The molecule has 1 aliphatic heterocycles. The lowest BCUT2D eigenvalue weighted by Gasteiger charge is -2.25. The van der Waals surface area contributed by atoms with Crippen molar-refractivity contribution in [2.45, 2.75) is 25.7 Å². The van der Waals surface area contributed by atoms with Crippen LogP contribution in [0.1, 0.15) is 35.4 Å². The lowest BCUT2D eigenvalue weighted by atomic mass is 9.85. The van der Waals surface area contributed by atoms with Gasteiger partial charge in [-0.2, -0.15) is 0 Å². The summed E-state index contributed by atoms with van der Waals surface area (Å²) >= 11 is 0. The molecule has 0 unspecified atom stereocenters. The predicted octanol–water partition coefficient (Wildman–Crippen LogP) is 3.80. The second kappa shape index (κ2) is 5.96. The zero-order valence-electron chi connectivity index (χ0n) is 10.9. The Morgan fingerprint density at radius 1 is 1.33 bits per heavy atom. The van der Waals surface area contributed by atoms with Crippen LogP contribution in [0.15, 0.2) is 30.9 Å². The summed E-state index contributed by atoms with van der Waals surface area (Å²) in [6, 6.07) is 3.54. The van der Waals surface area contributed by atoms with Crippen LogP contribution in [-0.2, 0) is 0 Å². The lowest BCUT2D eigenvalue weighted by Crippen LogP contribution is -2.27. The van der Waals surface area contributed by atoms with E-state index < -0.39 is 0 Å². The van der Waals surface area contributed by atoms with Crippen molar-refractivity contribution in [1.82, 2.24) is 5.32 Å². The summed E-state index contributed by atoms with van der Waals surface area (Å²) in [4.78, 5) is 0. The number of benzene rings is 1. The largest absolute Gasteiger partial charge is 0.317 e. The molecule has 1 nitrogen and oxygen atoms in total. The fourth-order valence-electron chi connectivity index (χ4n) is 2.66. The van der Waals surface area contributed by atoms with Crippen molar-refractivity contribution in [2.75, 3.05) is 13.1 Å². The van der Waals surface area contributed by atoms with Crippen LogP contribution in [0, 0.1) is 12.7 Å². The van der Waals surface area contributed by atoms with Crippen LogP contribution < -0.4 is 5.32 Å². The third kappa shape index (κ3) is 2.70. The average molecular weight is 245 g/mol. The summed E-state index contributed by atoms with van der Waals surface area (Å²) in [6.07, 6.45) is 7.55. The number of halogens is 1. The quantitative estimate of drug-likeness (QED) is 0.799. The van der Waals surface area contributed by atoms with E-state index in [1.165, 1.54) is 5.56 Å². The van der Waals surface area contributed by atoms with Crippen LogP contribution in [0.5, 0.6) is 0 Å². The Hall–Kier alpha value is -1.41. The zero-order valence-corrected chi connectivity index (χ0v) is 10.9. The van der Waals surface area contributed by atoms with Crippen LogP contribution in [0.4, 0.5) is 4.39 Å². The first kappa shape index (κ1) is 13.0. The maximum atomic E-state index is 13.8. The van der Waals surface area contributed by atoms with E-state index in [4.69, 9.17) is 0 Å². The first-order valence-electron chi connectivity index (χ1n) is 6.53. The molecule has 18 heavy (non-hydrogen) atoms. The van der Waals surface area contributed by atoms with Crippen LogP contribution in [0.25, 0.3) is 6.08 Å². The van der Waals surface area contributed by atoms with Crippen LogP contribution in [0.3, 0.4) is 0 Å². The molecule has 1 N–H and O–H groups in total. The van der Waals surface area contributed by atoms with Crippen molar-refractivity contribution in [1.29, 1.82) is 0 Å².